The van der Waals surface area contributed by atoms with Crippen LogP contribution in [0.5, 0.6) is 0 Å². The molecule has 0 saturated heterocycles. The van der Waals surface area contributed by atoms with E-state index < -0.39 is 0 Å². The number of imidazole rings is 1. The number of nitrogen functional groups attached to an aromatic ring is 1. The number of hydrogen-bond acceptors (Lipinski definition) is 3. The first-order valence-electron chi connectivity index (χ1n) is 6.04. The van der Waals surface area contributed by atoms with Crippen LogP contribution in [0, 0.1) is 0 Å². The fourth-order valence-electron chi connectivity index (χ4n) is 2.34. The van der Waals surface area contributed by atoms with Crippen molar-refractivity contribution in [3.63, 3.8) is 0 Å². The van der Waals surface area contributed by atoms with E-state index >= 15 is 0 Å². The summed E-state index contributed by atoms with van der Waals surface area (Å²) in [5.74, 6) is 0.776. The fourth-order valence-corrected chi connectivity index (χ4v) is 2.34. The zero-order valence-electron chi connectivity index (χ0n) is 10.1. The molecule has 0 radical (unpaired) electrons. The maximum Gasteiger partial charge on any atom is 0.142 e. The van der Waals surface area contributed by atoms with Crippen LogP contribution in [0.3, 0.4) is 0 Å². The normalized spacial score (nSPS) is 11.4. The van der Waals surface area contributed by atoms with E-state index in [4.69, 9.17) is 10.2 Å². The van der Waals surface area contributed by atoms with Crippen molar-refractivity contribution in [3.8, 4) is 11.4 Å². The summed E-state index contributed by atoms with van der Waals surface area (Å²) in [6, 6.07) is 13.6. The number of benzene rings is 2. The summed E-state index contributed by atoms with van der Waals surface area (Å²) >= 11 is 0. The topological polar surface area (TPSA) is 67.8 Å². The van der Waals surface area contributed by atoms with E-state index in [0.29, 0.717) is 5.69 Å². The highest BCUT2D eigenvalue weighted by atomic mass is 16.3. The molecule has 4 rings (SSSR count). The minimum absolute atomic E-state index is 0.674. The maximum atomic E-state index is 5.93. The van der Waals surface area contributed by atoms with Gasteiger partial charge in [-0.2, -0.15) is 0 Å². The predicted molar refractivity (Wildman–Crippen MR) is 75.7 cm³/mol. The minimum Gasteiger partial charge on any atom is -0.464 e. The predicted octanol–water partition coefficient (Wildman–Crippen LogP) is 3.56. The van der Waals surface area contributed by atoms with Crippen LogP contribution in [0.1, 0.15) is 0 Å². The third kappa shape index (κ3) is 1.43. The number of fused-ring (bicyclic) bond motifs is 2. The average molecular weight is 249 g/mol. The lowest BCUT2D eigenvalue weighted by Crippen LogP contribution is -1.84. The highest BCUT2D eigenvalue weighted by Gasteiger charge is 2.12. The molecule has 0 bridgehead atoms. The third-order valence-electron chi connectivity index (χ3n) is 3.28. The zero-order valence-corrected chi connectivity index (χ0v) is 10.1. The molecule has 19 heavy (non-hydrogen) atoms. The number of para-hydroxylation sites is 2. The van der Waals surface area contributed by atoms with Gasteiger partial charge in [0.15, 0.2) is 0 Å². The Labute approximate surface area is 108 Å². The average Bonchev–Trinajstić information content (AvgIpc) is 3.02. The van der Waals surface area contributed by atoms with Gasteiger partial charge in [0.25, 0.3) is 0 Å². The fraction of sp³-hybridized carbons (Fsp3) is 0. The Morgan fingerprint density at radius 1 is 1.05 bits per heavy atom. The van der Waals surface area contributed by atoms with Gasteiger partial charge < -0.3 is 15.1 Å². The summed E-state index contributed by atoms with van der Waals surface area (Å²) in [5, 5.41) is 1.04. The van der Waals surface area contributed by atoms with Gasteiger partial charge in [-0.25, -0.2) is 4.98 Å². The van der Waals surface area contributed by atoms with Gasteiger partial charge >= 0.3 is 0 Å². The molecule has 4 aromatic rings. The Morgan fingerprint density at radius 3 is 2.84 bits per heavy atom. The number of anilines is 1. The molecular formula is C15H11N3O. The van der Waals surface area contributed by atoms with E-state index in [0.717, 1.165) is 33.4 Å². The van der Waals surface area contributed by atoms with Crippen LogP contribution in [0.15, 0.2) is 53.1 Å². The van der Waals surface area contributed by atoms with Gasteiger partial charge in [-0.05, 0) is 18.2 Å². The number of aromatic nitrogens is 2. The molecule has 0 saturated carbocycles. The molecule has 0 spiro atoms. The molecule has 3 N–H and O–H groups in total. The summed E-state index contributed by atoms with van der Waals surface area (Å²) in [7, 11) is 0. The van der Waals surface area contributed by atoms with E-state index in [-0.39, 0.29) is 0 Å². The van der Waals surface area contributed by atoms with Gasteiger partial charge in [0, 0.05) is 5.39 Å². The Kier molecular flexibility index (Phi) is 1.94. The van der Waals surface area contributed by atoms with Crippen molar-refractivity contribution in [2.75, 3.05) is 5.73 Å². The maximum absolute atomic E-state index is 5.93. The van der Waals surface area contributed by atoms with Crippen LogP contribution in [0.2, 0.25) is 0 Å². The second kappa shape index (κ2) is 3.62. The SMILES string of the molecule is Nc1cccc2[nH]c(-c3coc4ccccc34)nc12. The van der Waals surface area contributed by atoms with Crippen molar-refractivity contribution < 1.29 is 4.42 Å². The minimum atomic E-state index is 0.674. The molecule has 2 aromatic carbocycles. The van der Waals surface area contributed by atoms with Crippen LogP contribution < -0.4 is 5.73 Å². The Balaban J connectivity index is 2.02. The van der Waals surface area contributed by atoms with E-state index in [2.05, 4.69) is 9.97 Å². The van der Waals surface area contributed by atoms with E-state index in [1.807, 2.05) is 42.5 Å². The smallest absolute Gasteiger partial charge is 0.142 e. The van der Waals surface area contributed by atoms with Crippen molar-refractivity contribution in [2.24, 2.45) is 0 Å². The molecule has 92 valence electrons. The lowest BCUT2D eigenvalue weighted by Gasteiger charge is -1.91. The molecule has 2 aromatic heterocycles. The van der Waals surface area contributed by atoms with Crippen LogP contribution in [-0.2, 0) is 0 Å². The number of hydrogen-bond donors (Lipinski definition) is 2. The molecule has 0 unspecified atom stereocenters. The van der Waals surface area contributed by atoms with Crippen LogP contribution >= 0.6 is 0 Å². The first kappa shape index (κ1) is 10.2. The van der Waals surface area contributed by atoms with Crippen molar-refractivity contribution in [3.05, 3.63) is 48.7 Å². The Morgan fingerprint density at radius 2 is 1.95 bits per heavy atom. The van der Waals surface area contributed by atoms with Crippen LogP contribution in [-0.4, -0.2) is 9.97 Å². The number of aromatic amines is 1. The number of nitrogens with two attached hydrogens (primary N) is 1. The Bertz CT molecular complexity index is 889. The van der Waals surface area contributed by atoms with Gasteiger partial charge in [0.05, 0.1) is 16.8 Å². The van der Waals surface area contributed by atoms with Crippen molar-refractivity contribution in [1.29, 1.82) is 0 Å². The summed E-state index contributed by atoms with van der Waals surface area (Å²) in [6.45, 7) is 0. The van der Waals surface area contributed by atoms with Gasteiger partial charge in [-0.3, -0.25) is 0 Å². The molecule has 0 atom stereocenters. The number of nitrogens with one attached hydrogen (secondary N) is 1. The lowest BCUT2D eigenvalue weighted by molar-refractivity contribution is 0.616. The second-order valence-electron chi connectivity index (χ2n) is 4.47. The summed E-state index contributed by atoms with van der Waals surface area (Å²) in [5.41, 5.74) is 10.1. The molecule has 4 heteroatoms. The highest BCUT2D eigenvalue weighted by Crippen LogP contribution is 2.30. The molecule has 0 fully saturated rings. The van der Waals surface area contributed by atoms with Crippen molar-refractivity contribution in [1.82, 2.24) is 9.97 Å². The number of furan rings is 1. The first-order valence-corrected chi connectivity index (χ1v) is 6.04. The van der Waals surface area contributed by atoms with E-state index in [1.165, 1.54) is 0 Å². The zero-order chi connectivity index (χ0) is 12.8. The first-order chi connectivity index (χ1) is 9.33. The third-order valence-corrected chi connectivity index (χ3v) is 3.28. The molecule has 4 nitrogen and oxygen atoms in total. The van der Waals surface area contributed by atoms with Crippen molar-refractivity contribution >= 4 is 27.7 Å². The van der Waals surface area contributed by atoms with Gasteiger partial charge in [-0.15, -0.1) is 0 Å². The quantitative estimate of drug-likeness (QED) is 0.507. The van der Waals surface area contributed by atoms with E-state index in [1.54, 1.807) is 6.26 Å². The molecule has 0 amide bonds. The van der Waals surface area contributed by atoms with Gasteiger partial charge in [0.1, 0.15) is 23.2 Å². The number of nitrogens with zero attached hydrogens (tertiary/aromatic N) is 1. The Hall–Kier alpha value is -2.75. The van der Waals surface area contributed by atoms with Crippen molar-refractivity contribution in [2.45, 2.75) is 0 Å². The lowest BCUT2D eigenvalue weighted by atomic mass is 10.2. The van der Waals surface area contributed by atoms with Crippen LogP contribution in [0.4, 0.5) is 5.69 Å². The summed E-state index contributed by atoms with van der Waals surface area (Å²) < 4.78 is 5.54. The number of H-pyrrole nitrogens is 1. The monoisotopic (exact) mass is 249 g/mol. The number of rotatable bonds is 1. The highest BCUT2D eigenvalue weighted by molar-refractivity contribution is 5.95. The molecule has 0 aliphatic rings. The summed E-state index contributed by atoms with van der Waals surface area (Å²) in [4.78, 5) is 7.84. The van der Waals surface area contributed by atoms with E-state index in [9.17, 15) is 0 Å². The molecule has 0 aliphatic heterocycles. The molecule has 0 aliphatic carbocycles. The standard InChI is InChI=1S/C15H11N3O/c16-11-5-3-6-12-14(11)18-15(17-12)10-8-19-13-7-2-1-4-9(10)13/h1-8H,16H2,(H,17,18). The van der Waals surface area contributed by atoms with Crippen LogP contribution in [0.25, 0.3) is 33.4 Å². The van der Waals surface area contributed by atoms with Gasteiger partial charge in [0.2, 0.25) is 0 Å². The summed E-state index contributed by atoms with van der Waals surface area (Å²) in [6.07, 6.45) is 1.72. The molecule has 2 heterocycles. The molecular weight excluding hydrogens is 238 g/mol. The largest absolute Gasteiger partial charge is 0.464 e. The second-order valence-corrected chi connectivity index (χ2v) is 4.47. The van der Waals surface area contributed by atoms with Gasteiger partial charge in [-0.1, -0.05) is 24.3 Å².